The summed E-state index contributed by atoms with van der Waals surface area (Å²) in [4.78, 5) is 19.8. The molecule has 2 heterocycles. The first-order valence-corrected chi connectivity index (χ1v) is 5.64. The van der Waals surface area contributed by atoms with Crippen LogP contribution in [0.25, 0.3) is 11.0 Å². The molecule has 0 fully saturated rings. The van der Waals surface area contributed by atoms with Crippen LogP contribution < -0.4 is 16.0 Å². The Bertz CT molecular complexity index is 550. The van der Waals surface area contributed by atoms with Gasteiger partial charge in [-0.3, -0.25) is 9.89 Å². The number of H-pyrrole nitrogens is 1. The quantitative estimate of drug-likeness (QED) is 0.591. The Morgan fingerprint density at radius 3 is 2.94 bits per heavy atom. The minimum Gasteiger partial charge on any atom is -0.360 e. The van der Waals surface area contributed by atoms with Crippen LogP contribution in [-0.4, -0.2) is 46.2 Å². The SMILES string of the molecule is CCNc1nc(NCC(=O)NC)c2cn[nH]c2n1. The van der Waals surface area contributed by atoms with E-state index in [4.69, 9.17) is 0 Å². The number of likely N-dealkylation sites (N-methyl/N-ethyl adjacent to an activating group) is 1. The van der Waals surface area contributed by atoms with Gasteiger partial charge in [0, 0.05) is 13.6 Å². The van der Waals surface area contributed by atoms with Gasteiger partial charge in [0.15, 0.2) is 5.65 Å². The summed E-state index contributed by atoms with van der Waals surface area (Å²) in [6, 6.07) is 0. The fourth-order valence-electron chi connectivity index (χ4n) is 1.46. The molecule has 8 nitrogen and oxygen atoms in total. The summed E-state index contributed by atoms with van der Waals surface area (Å²) in [5.41, 5.74) is 0.625. The van der Waals surface area contributed by atoms with Crippen molar-refractivity contribution in [2.24, 2.45) is 0 Å². The van der Waals surface area contributed by atoms with Gasteiger partial charge >= 0.3 is 0 Å². The van der Waals surface area contributed by atoms with E-state index in [1.54, 1.807) is 13.2 Å². The number of carbonyl (C=O) groups is 1. The molecule has 0 radical (unpaired) electrons. The molecule has 0 saturated heterocycles. The highest BCUT2D eigenvalue weighted by Gasteiger charge is 2.09. The summed E-state index contributed by atoms with van der Waals surface area (Å²) in [6.07, 6.45) is 1.62. The van der Waals surface area contributed by atoms with E-state index in [-0.39, 0.29) is 12.5 Å². The second-order valence-electron chi connectivity index (χ2n) is 3.59. The smallest absolute Gasteiger partial charge is 0.239 e. The van der Waals surface area contributed by atoms with Crippen LogP contribution in [0.3, 0.4) is 0 Å². The van der Waals surface area contributed by atoms with Gasteiger partial charge in [-0.15, -0.1) is 0 Å². The van der Waals surface area contributed by atoms with Crippen LogP contribution >= 0.6 is 0 Å². The van der Waals surface area contributed by atoms with Crippen molar-refractivity contribution in [1.82, 2.24) is 25.5 Å². The summed E-state index contributed by atoms with van der Waals surface area (Å²) in [5, 5.41) is 16.0. The molecular formula is C10H15N7O. The maximum atomic E-state index is 11.2. The molecule has 0 unspecified atom stereocenters. The molecule has 96 valence electrons. The standard InChI is InChI=1S/C10H15N7O/c1-3-12-10-15-8(13-5-7(18)11-2)6-4-14-17-9(6)16-10/h4H,3,5H2,1-2H3,(H,11,18)(H3,12,13,14,15,16,17). The number of rotatable bonds is 5. The van der Waals surface area contributed by atoms with Crippen LogP contribution in [0.4, 0.5) is 11.8 Å². The molecule has 0 aliphatic heterocycles. The van der Waals surface area contributed by atoms with Crippen molar-refractivity contribution in [2.75, 3.05) is 30.8 Å². The van der Waals surface area contributed by atoms with E-state index in [1.165, 1.54) is 0 Å². The number of carbonyl (C=O) groups excluding carboxylic acids is 1. The molecule has 1 amide bonds. The lowest BCUT2D eigenvalue weighted by Crippen LogP contribution is -2.26. The van der Waals surface area contributed by atoms with E-state index < -0.39 is 0 Å². The number of hydrogen-bond acceptors (Lipinski definition) is 6. The van der Waals surface area contributed by atoms with Crippen molar-refractivity contribution in [3.05, 3.63) is 6.20 Å². The van der Waals surface area contributed by atoms with Crippen molar-refractivity contribution >= 4 is 28.7 Å². The van der Waals surface area contributed by atoms with Crippen LogP contribution in [0.5, 0.6) is 0 Å². The molecule has 2 rings (SSSR count). The second-order valence-corrected chi connectivity index (χ2v) is 3.59. The lowest BCUT2D eigenvalue weighted by atomic mass is 10.4. The highest BCUT2D eigenvalue weighted by Crippen LogP contribution is 2.19. The predicted molar refractivity (Wildman–Crippen MR) is 68.4 cm³/mol. The summed E-state index contributed by atoms with van der Waals surface area (Å²) in [6.45, 7) is 2.83. The van der Waals surface area contributed by atoms with Crippen LogP contribution in [-0.2, 0) is 4.79 Å². The van der Waals surface area contributed by atoms with Crippen molar-refractivity contribution in [1.29, 1.82) is 0 Å². The van der Waals surface area contributed by atoms with Crippen molar-refractivity contribution < 1.29 is 4.79 Å². The number of aromatic amines is 1. The molecule has 0 aromatic carbocycles. The topological polar surface area (TPSA) is 108 Å². The van der Waals surface area contributed by atoms with Gasteiger partial charge in [0.05, 0.1) is 18.1 Å². The number of aromatic nitrogens is 4. The van der Waals surface area contributed by atoms with Gasteiger partial charge in [0.1, 0.15) is 5.82 Å². The molecular weight excluding hydrogens is 234 g/mol. The first-order valence-electron chi connectivity index (χ1n) is 5.64. The van der Waals surface area contributed by atoms with E-state index in [0.717, 1.165) is 5.39 Å². The molecule has 0 aliphatic rings. The Labute approximate surface area is 104 Å². The predicted octanol–water partition coefficient (Wildman–Crippen LogP) is -0.0574. The molecule has 2 aromatic heterocycles. The molecule has 0 atom stereocenters. The molecule has 18 heavy (non-hydrogen) atoms. The molecule has 2 aromatic rings. The number of amides is 1. The van der Waals surface area contributed by atoms with Gasteiger partial charge < -0.3 is 16.0 Å². The Kier molecular flexibility index (Phi) is 3.56. The Morgan fingerprint density at radius 1 is 1.39 bits per heavy atom. The van der Waals surface area contributed by atoms with Crippen LogP contribution in [0.1, 0.15) is 6.92 Å². The van der Waals surface area contributed by atoms with E-state index in [9.17, 15) is 4.79 Å². The molecule has 8 heteroatoms. The van der Waals surface area contributed by atoms with Crippen LogP contribution in [0.15, 0.2) is 6.20 Å². The lowest BCUT2D eigenvalue weighted by molar-refractivity contribution is -0.118. The fourth-order valence-corrected chi connectivity index (χ4v) is 1.46. The first-order chi connectivity index (χ1) is 8.74. The third kappa shape index (κ3) is 2.47. The van der Waals surface area contributed by atoms with Gasteiger partial charge in [-0.25, -0.2) is 0 Å². The monoisotopic (exact) mass is 249 g/mol. The minimum absolute atomic E-state index is 0.116. The number of nitrogens with one attached hydrogen (secondary N) is 4. The number of hydrogen-bond donors (Lipinski definition) is 4. The zero-order chi connectivity index (χ0) is 13.0. The summed E-state index contributed by atoms with van der Waals surface area (Å²) >= 11 is 0. The van der Waals surface area contributed by atoms with E-state index >= 15 is 0 Å². The minimum atomic E-state index is -0.116. The highest BCUT2D eigenvalue weighted by atomic mass is 16.1. The Hall–Kier alpha value is -2.38. The molecule has 0 saturated carbocycles. The fraction of sp³-hybridized carbons (Fsp3) is 0.400. The maximum Gasteiger partial charge on any atom is 0.239 e. The summed E-state index contributed by atoms with van der Waals surface area (Å²) in [7, 11) is 1.58. The number of anilines is 2. The maximum absolute atomic E-state index is 11.2. The van der Waals surface area contributed by atoms with E-state index in [1.807, 2.05) is 6.92 Å². The van der Waals surface area contributed by atoms with Crippen LogP contribution in [0, 0.1) is 0 Å². The van der Waals surface area contributed by atoms with Gasteiger partial charge in [0.2, 0.25) is 11.9 Å². The molecule has 0 bridgehead atoms. The average molecular weight is 249 g/mol. The molecule has 4 N–H and O–H groups in total. The van der Waals surface area contributed by atoms with Crippen molar-refractivity contribution in [2.45, 2.75) is 6.92 Å². The van der Waals surface area contributed by atoms with E-state index in [0.29, 0.717) is 24.0 Å². The average Bonchev–Trinajstić information content (AvgIpc) is 2.84. The van der Waals surface area contributed by atoms with Gasteiger partial charge in [-0.1, -0.05) is 0 Å². The third-order valence-corrected chi connectivity index (χ3v) is 2.34. The first kappa shape index (κ1) is 12.1. The second kappa shape index (κ2) is 5.30. The molecule has 0 aliphatic carbocycles. The number of fused-ring (bicyclic) bond motifs is 1. The summed E-state index contributed by atoms with van der Waals surface area (Å²) in [5.74, 6) is 0.956. The van der Waals surface area contributed by atoms with Gasteiger partial charge in [0.25, 0.3) is 0 Å². The Balaban J connectivity index is 2.28. The molecule has 0 spiro atoms. The Morgan fingerprint density at radius 2 is 2.22 bits per heavy atom. The van der Waals surface area contributed by atoms with Crippen LogP contribution in [0.2, 0.25) is 0 Å². The van der Waals surface area contributed by atoms with Gasteiger partial charge in [-0.2, -0.15) is 15.1 Å². The lowest BCUT2D eigenvalue weighted by Gasteiger charge is -2.08. The van der Waals surface area contributed by atoms with Gasteiger partial charge in [-0.05, 0) is 6.92 Å². The largest absolute Gasteiger partial charge is 0.360 e. The number of nitrogens with zero attached hydrogens (tertiary/aromatic N) is 3. The van der Waals surface area contributed by atoms with E-state index in [2.05, 4.69) is 36.1 Å². The van der Waals surface area contributed by atoms with Crippen molar-refractivity contribution in [3.8, 4) is 0 Å². The normalized spacial score (nSPS) is 10.3. The highest BCUT2D eigenvalue weighted by molar-refractivity contribution is 5.89. The summed E-state index contributed by atoms with van der Waals surface area (Å²) < 4.78 is 0. The zero-order valence-corrected chi connectivity index (χ0v) is 10.2. The van der Waals surface area contributed by atoms with Crippen molar-refractivity contribution in [3.63, 3.8) is 0 Å². The third-order valence-electron chi connectivity index (χ3n) is 2.34. The zero-order valence-electron chi connectivity index (χ0n) is 10.2.